The van der Waals surface area contributed by atoms with Crippen LogP contribution in [0.15, 0.2) is 54.6 Å². The molecule has 0 radical (unpaired) electrons. The molecule has 2 aromatic carbocycles. The van der Waals surface area contributed by atoms with Gasteiger partial charge in [0.15, 0.2) is 0 Å². The summed E-state index contributed by atoms with van der Waals surface area (Å²) in [7, 11) is 0. The summed E-state index contributed by atoms with van der Waals surface area (Å²) in [5, 5.41) is 1.30. The number of para-hydroxylation sites is 1. The average molecular weight is 487 g/mol. The van der Waals surface area contributed by atoms with Crippen LogP contribution in [0.5, 0.6) is 0 Å². The van der Waals surface area contributed by atoms with Crippen molar-refractivity contribution < 1.29 is 9.53 Å². The van der Waals surface area contributed by atoms with Gasteiger partial charge in [-0.1, -0.05) is 95.5 Å². The topological polar surface area (TPSA) is 45.3 Å². The minimum Gasteiger partial charge on any atom is -0.446 e. The number of benzene rings is 2. The maximum Gasteiger partial charge on any atom is 0.410 e. The van der Waals surface area contributed by atoms with Gasteiger partial charge in [0, 0.05) is 29.1 Å². The minimum absolute atomic E-state index is 0.0511. The van der Waals surface area contributed by atoms with E-state index in [1.165, 1.54) is 34.1 Å². The second kappa shape index (κ2) is 10.3. The zero-order valence-electron chi connectivity index (χ0n) is 22.4. The van der Waals surface area contributed by atoms with E-state index in [1.807, 2.05) is 4.90 Å². The molecule has 1 fully saturated rings. The Kier molecular flexibility index (Phi) is 7.14. The lowest BCUT2D eigenvalue weighted by molar-refractivity contribution is -0.0246. The fourth-order valence-corrected chi connectivity index (χ4v) is 6.80. The van der Waals surface area contributed by atoms with Crippen LogP contribution in [-0.2, 0) is 16.6 Å². The van der Waals surface area contributed by atoms with Gasteiger partial charge < -0.3 is 9.72 Å². The molecule has 0 spiro atoms. The van der Waals surface area contributed by atoms with Crippen LogP contribution in [0.3, 0.4) is 0 Å². The second-order valence-electron chi connectivity index (χ2n) is 11.7. The van der Waals surface area contributed by atoms with Gasteiger partial charge in [0.05, 0.1) is 6.04 Å². The Balaban J connectivity index is 1.41. The molecular formula is C32H42N2O2. The Morgan fingerprint density at radius 3 is 2.61 bits per heavy atom. The molecule has 2 aliphatic rings. The predicted molar refractivity (Wildman–Crippen MR) is 147 cm³/mol. The summed E-state index contributed by atoms with van der Waals surface area (Å²) in [6.45, 7) is 9.89. The van der Waals surface area contributed by atoms with Crippen LogP contribution >= 0.6 is 0 Å². The first-order chi connectivity index (χ1) is 17.4. The number of unbranched alkanes of at least 4 members (excludes halogenated alkanes) is 1. The molecule has 5 rings (SSSR count). The quantitative estimate of drug-likeness (QED) is 0.382. The molecule has 1 amide bonds. The molecule has 4 atom stereocenters. The van der Waals surface area contributed by atoms with E-state index < -0.39 is 0 Å². The Labute approximate surface area is 216 Å². The highest BCUT2D eigenvalue weighted by molar-refractivity contribution is 5.85. The van der Waals surface area contributed by atoms with E-state index >= 15 is 0 Å². The zero-order chi connectivity index (χ0) is 25.3. The van der Waals surface area contributed by atoms with Gasteiger partial charge in [0.1, 0.15) is 6.10 Å². The molecule has 4 nitrogen and oxygen atoms in total. The number of fused-ring (bicyclic) bond motifs is 3. The van der Waals surface area contributed by atoms with Crippen LogP contribution < -0.4 is 0 Å². The number of nitrogens with zero attached hydrogens (tertiary/aromatic N) is 1. The summed E-state index contributed by atoms with van der Waals surface area (Å²) in [5.74, 6) is 0.880. The smallest absolute Gasteiger partial charge is 0.410 e. The van der Waals surface area contributed by atoms with E-state index in [1.54, 1.807) is 0 Å². The van der Waals surface area contributed by atoms with Crippen LogP contribution in [-0.4, -0.2) is 28.6 Å². The van der Waals surface area contributed by atoms with Gasteiger partial charge in [0.25, 0.3) is 0 Å². The maximum atomic E-state index is 13.9. The summed E-state index contributed by atoms with van der Waals surface area (Å²) >= 11 is 0. The van der Waals surface area contributed by atoms with Crippen molar-refractivity contribution in [2.24, 2.45) is 11.8 Å². The summed E-state index contributed by atoms with van der Waals surface area (Å²) in [6.07, 6.45) is 7.07. The lowest BCUT2D eigenvalue weighted by Crippen LogP contribution is -2.47. The third-order valence-corrected chi connectivity index (χ3v) is 8.98. The number of nitrogens with one attached hydrogen (secondary N) is 1. The number of aromatic nitrogens is 1. The Morgan fingerprint density at radius 1 is 1.08 bits per heavy atom. The number of carbonyl (C=O) groups excluding carboxylic acids is 1. The molecule has 192 valence electrons. The molecule has 1 aliphatic heterocycles. The second-order valence-corrected chi connectivity index (χ2v) is 11.7. The number of hydrogen-bond donors (Lipinski definition) is 1. The molecule has 1 aromatic heterocycles. The normalized spacial score (nSPS) is 24.5. The summed E-state index contributed by atoms with van der Waals surface area (Å²) < 4.78 is 6.49. The molecule has 1 N–H and O–H groups in total. The molecular weight excluding hydrogens is 444 g/mol. The number of hydrogen-bond acceptors (Lipinski definition) is 2. The highest BCUT2D eigenvalue weighted by Crippen LogP contribution is 2.44. The molecule has 36 heavy (non-hydrogen) atoms. The minimum atomic E-state index is -0.131. The van der Waals surface area contributed by atoms with Crippen LogP contribution in [0.1, 0.15) is 89.1 Å². The predicted octanol–water partition coefficient (Wildman–Crippen LogP) is 8.18. The van der Waals surface area contributed by atoms with Gasteiger partial charge in [-0.05, 0) is 54.2 Å². The molecule has 1 aliphatic carbocycles. The summed E-state index contributed by atoms with van der Waals surface area (Å²) in [4.78, 5) is 19.6. The number of carbonyl (C=O) groups is 1. The number of aromatic amines is 1. The molecule has 4 heteroatoms. The summed E-state index contributed by atoms with van der Waals surface area (Å²) in [5.41, 5.74) is 5.04. The van der Waals surface area contributed by atoms with Crippen molar-refractivity contribution in [2.45, 2.75) is 90.2 Å². The highest BCUT2D eigenvalue weighted by Gasteiger charge is 2.43. The summed E-state index contributed by atoms with van der Waals surface area (Å²) in [6, 6.07) is 19.3. The third-order valence-electron chi connectivity index (χ3n) is 8.98. The monoisotopic (exact) mass is 486 g/mol. The first-order valence-electron chi connectivity index (χ1n) is 14.0. The standard InChI is InChI=1S/C32H42N2O2/c1-5-6-16-28-30-25(24-14-10-11-15-27(24)33-30)19-20-34(28)31(35)36-29-21-22(2)17-18-26(29)32(3,4)23-12-8-7-9-13-23/h7-15,22,26,28-29,33H,5-6,16-21H2,1-4H3/t22-,26-,28+,29-/m1/s1. The van der Waals surface area contributed by atoms with Crippen LogP contribution in [0, 0.1) is 11.8 Å². The van der Waals surface area contributed by atoms with E-state index in [0.717, 1.165) is 45.1 Å². The third kappa shape index (κ3) is 4.67. The maximum absolute atomic E-state index is 13.9. The largest absolute Gasteiger partial charge is 0.446 e. The Bertz CT molecular complexity index is 1180. The van der Waals surface area contributed by atoms with Gasteiger partial charge >= 0.3 is 6.09 Å². The van der Waals surface area contributed by atoms with Gasteiger partial charge in [-0.3, -0.25) is 4.90 Å². The Morgan fingerprint density at radius 2 is 1.83 bits per heavy atom. The lowest BCUT2D eigenvalue weighted by atomic mass is 9.64. The fourth-order valence-electron chi connectivity index (χ4n) is 6.80. The van der Waals surface area contributed by atoms with E-state index in [4.69, 9.17) is 4.74 Å². The van der Waals surface area contributed by atoms with Crippen LogP contribution in [0.4, 0.5) is 4.79 Å². The molecule has 1 saturated carbocycles. The van der Waals surface area contributed by atoms with Gasteiger partial charge in [-0.15, -0.1) is 0 Å². The first kappa shape index (κ1) is 24.9. The van der Waals surface area contributed by atoms with Crippen molar-refractivity contribution in [3.05, 3.63) is 71.4 Å². The number of H-pyrrole nitrogens is 1. The van der Waals surface area contributed by atoms with Crippen molar-refractivity contribution in [3.8, 4) is 0 Å². The van der Waals surface area contributed by atoms with E-state index in [2.05, 4.69) is 87.3 Å². The van der Waals surface area contributed by atoms with Crippen molar-refractivity contribution in [3.63, 3.8) is 0 Å². The van der Waals surface area contributed by atoms with Crippen LogP contribution in [0.25, 0.3) is 10.9 Å². The van der Waals surface area contributed by atoms with Crippen molar-refractivity contribution >= 4 is 17.0 Å². The molecule has 0 unspecified atom stereocenters. The SMILES string of the molecule is CCCC[C@H]1c2[nH]c3ccccc3c2CCN1C(=O)O[C@@H]1C[C@H](C)CC[C@H]1C(C)(C)c1ccccc1. The van der Waals surface area contributed by atoms with Crippen molar-refractivity contribution in [2.75, 3.05) is 6.54 Å². The molecule has 0 bridgehead atoms. The van der Waals surface area contributed by atoms with Crippen molar-refractivity contribution in [1.82, 2.24) is 9.88 Å². The molecule has 2 heterocycles. The molecule has 0 saturated heterocycles. The fraction of sp³-hybridized carbons (Fsp3) is 0.531. The lowest BCUT2D eigenvalue weighted by Gasteiger charge is -2.45. The van der Waals surface area contributed by atoms with Gasteiger partial charge in [0.2, 0.25) is 0 Å². The van der Waals surface area contributed by atoms with E-state index in [9.17, 15) is 4.79 Å². The number of ether oxygens (including phenoxy) is 1. The number of amides is 1. The van der Waals surface area contributed by atoms with Gasteiger partial charge in [-0.25, -0.2) is 4.79 Å². The van der Waals surface area contributed by atoms with Gasteiger partial charge in [-0.2, -0.15) is 0 Å². The Hall–Kier alpha value is -2.75. The van der Waals surface area contributed by atoms with Crippen LogP contribution in [0.2, 0.25) is 0 Å². The highest BCUT2D eigenvalue weighted by atomic mass is 16.6. The van der Waals surface area contributed by atoms with Crippen molar-refractivity contribution in [1.29, 1.82) is 0 Å². The molecule has 3 aromatic rings. The van der Waals surface area contributed by atoms with E-state index in [0.29, 0.717) is 11.8 Å². The zero-order valence-corrected chi connectivity index (χ0v) is 22.4. The first-order valence-corrected chi connectivity index (χ1v) is 14.0. The average Bonchev–Trinajstić information content (AvgIpc) is 3.26. The number of rotatable bonds is 6. The van der Waals surface area contributed by atoms with E-state index in [-0.39, 0.29) is 23.7 Å².